The number of carboxylic acids is 1. The van der Waals surface area contributed by atoms with Crippen LogP contribution < -0.4 is 0 Å². The van der Waals surface area contributed by atoms with Gasteiger partial charge in [0.2, 0.25) is 0 Å². The smallest absolute Gasteiger partial charge is 0.411 e. The average Bonchev–Trinajstić information content (AvgIpc) is 2.74. The Morgan fingerprint density at radius 1 is 1.30 bits per heavy atom. The minimum absolute atomic E-state index is 0.399. The van der Waals surface area contributed by atoms with E-state index >= 15 is 0 Å². The molecule has 1 rings (SSSR count). The van der Waals surface area contributed by atoms with Crippen LogP contribution in [0.25, 0.3) is 0 Å². The first-order valence-corrected chi connectivity index (χ1v) is 6.55. The van der Waals surface area contributed by atoms with Crippen LogP contribution in [0.4, 0.5) is 4.79 Å². The van der Waals surface area contributed by atoms with Crippen LogP contribution >= 0.6 is 0 Å². The van der Waals surface area contributed by atoms with Crippen molar-refractivity contribution in [2.45, 2.75) is 58.3 Å². The molecule has 0 aromatic heterocycles. The molecular weight excluding hydrogens is 266 g/mol. The molecule has 0 aromatic carbocycles. The summed E-state index contributed by atoms with van der Waals surface area (Å²) in [7, 11) is 0. The standard InChI is InChI=1S/C13H21NO6/c1-8(10(15)16)19-11(17)9-6-5-7-14(9)12(18)20-13(2,3)4/h8-9H,5-7H2,1-4H3,(H,15,16)/t8-,9-/m0/s1. The highest BCUT2D eigenvalue weighted by molar-refractivity contribution is 5.84. The summed E-state index contributed by atoms with van der Waals surface area (Å²) in [6, 6.07) is -0.772. The molecule has 0 radical (unpaired) electrons. The molecule has 7 nitrogen and oxygen atoms in total. The Labute approximate surface area is 117 Å². The first-order valence-electron chi connectivity index (χ1n) is 6.55. The molecule has 0 bridgehead atoms. The Morgan fingerprint density at radius 3 is 2.40 bits per heavy atom. The van der Waals surface area contributed by atoms with Gasteiger partial charge in [0.25, 0.3) is 0 Å². The lowest BCUT2D eigenvalue weighted by atomic mass is 10.2. The monoisotopic (exact) mass is 287 g/mol. The lowest BCUT2D eigenvalue weighted by Gasteiger charge is -2.27. The second-order valence-electron chi connectivity index (χ2n) is 5.75. The SMILES string of the molecule is C[C@H](OC(=O)[C@@H]1CCCN1C(=O)OC(C)(C)C)C(=O)O. The third-order valence-corrected chi connectivity index (χ3v) is 2.79. The molecule has 2 atom stereocenters. The Balaban J connectivity index is 2.67. The number of esters is 1. The number of carbonyl (C=O) groups excluding carboxylic acids is 2. The van der Waals surface area contributed by atoms with Gasteiger partial charge in [-0.2, -0.15) is 0 Å². The van der Waals surface area contributed by atoms with Gasteiger partial charge in [-0.15, -0.1) is 0 Å². The molecule has 0 saturated carbocycles. The van der Waals surface area contributed by atoms with Crippen molar-refractivity contribution in [2.24, 2.45) is 0 Å². The highest BCUT2D eigenvalue weighted by Crippen LogP contribution is 2.22. The van der Waals surface area contributed by atoms with Crippen molar-refractivity contribution in [3.63, 3.8) is 0 Å². The van der Waals surface area contributed by atoms with Gasteiger partial charge in [-0.1, -0.05) is 0 Å². The van der Waals surface area contributed by atoms with E-state index in [0.717, 1.165) is 0 Å². The molecule has 0 spiro atoms. The van der Waals surface area contributed by atoms with Gasteiger partial charge in [0.1, 0.15) is 11.6 Å². The van der Waals surface area contributed by atoms with Gasteiger partial charge in [0, 0.05) is 6.54 Å². The zero-order valence-electron chi connectivity index (χ0n) is 12.2. The molecule has 1 heterocycles. The predicted molar refractivity (Wildman–Crippen MR) is 69.2 cm³/mol. The Kier molecular flexibility index (Phi) is 4.97. The topological polar surface area (TPSA) is 93.1 Å². The van der Waals surface area contributed by atoms with Gasteiger partial charge >= 0.3 is 18.0 Å². The van der Waals surface area contributed by atoms with Crippen molar-refractivity contribution in [3.8, 4) is 0 Å². The third-order valence-electron chi connectivity index (χ3n) is 2.79. The van der Waals surface area contributed by atoms with E-state index in [1.807, 2.05) is 0 Å². The lowest BCUT2D eigenvalue weighted by Crippen LogP contribution is -2.45. The van der Waals surface area contributed by atoms with Gasteiger partial charge in [0.15, 0.2) is 6.10 Å². The van der Waals surface area contributed by atoms with Crippen LogP contribution in [0.1, 0.15) is 40.5 Å². The fourth-order valence-corrected chi connectivity index (χ4v) is 1.85. The average molecular weight is 287 g/mol. The maximum Gasteiger partial charge on any atom is 0.411 e. The summed E-state index contributed by atoms with van der Waals surface area (Å²) in [6.45, 7) is 6.88. The van der Waals surface area contributed by atoms with E-state index in [2.05, 4.69) is 0 Å². The van der Waals surface area contributed by atoms with Crippen molar-refractivity contribution in [1.82, 2.24) is 4.90 Å². The van der Waals surface area contributed by atoms with Crippen molar-refractivity contribution in [3.05, 3.63) is 0 Å². The highest BCUT2D eigenvalue weighted by atomic mass is 16.6. The number of ether oxygens (including phenoxy) is 2. The van der Waals surface area contributed by atoms with Crippen molar-refractivity contribution in [2.75, 3.05) is 6.54 Å². The molecule has 1 saturated heterocycles. The van der Waals surface area contributed by atoms with Crippen LogP contribution in [-0.2, 0) is 19.1 Å². The third kappa shape index (κ3) is 4.40. The number of nitrogens with zero attached hydrogens (tertiary/aromatic N) is 1. The number of likely N-dealkylation sites (tertiary alicyclic amines) is 1. The van der Waals surface area contributed by atoms with Crippen molar-refractivity contribution in [1.29, 1.82) is 0 Å². The molecule has 1 aliphatic rings. The minimum atomic E-state index is -1.23. The normalized spacial score (nSPS) is 20.4. The molecule has 0 aromatic rings. The summed E-state index contributed by atoms with van der Waals surface area (Å²) >= 11 is 0. The van der Waals surface area contributed by atoms with Gasteiger partial charge in [-0.05, 0) is 40.5 Å². The zero-order chi connectivity index (χ0) is 15.5. The van der Waals surface area contributed by atoms with E-state index in [-0.39, 0.29) is 0 Å². The molecule has 7 heteroatoms. The molecule has 1 aliphatic heterocycles. The molecule has 114 valence electrons. The van der Waals surface area contributed by atoms with Crippen LogP contribution in [-0.4, -0.2) is 52.3 Å². The summed E-state index contributed by atoms with van der Waals surface area (Å²) in [5, 5.41) is 8.72. The molecule has 20 heavy (non-hydrogen) atoms. The fourth-order valence-electron chi connectivity index (χ4n) is 1.85. The van der Waals surface area contributed by atoms with Crippen LogP contribution in [0.15, 0.2) is 0 Å². The number of rotatable bonds is 3. The van der Waals surface area contributed by atoms with E-state index in [0.29, 0.717) is 19.4 Å². The van der Waals surface area contributed by atoms with Gasteiger partial charge in [-0.3, -0.25) is 4.90 Å². The maximum absolute atomic E-state index is 12.0. The number of carbonyl (C=O) groups is 3. The number of hydrogen-bond acceptors (Lipinski definition) is 5. The Hall–Kier alpha value is -1.79. The van der Waals surface area contributed by atoms with Crippen LogP contribution in [0.2, 0.25) is 0 Å². The summed E-state index contributed by atoms with van der Waals surface area (Å²) in [6.07, 6.45) is -0.714. The quantitative estimate of drug-likeness (QED) is 0.789. The molecular formula is C13H21NO6. The molecule has 1 N–H and O–H groups in total. The zero-order valence-corrected chi connectivity index (χ0v) is 12.2. The predicted octanol–water partition coefficient (Wildman–Crippen LogP) is 1.40. The summed E-state index contributed by atoms with van der Waals surface area (Å²) in [5.74, 6) is -1.93. The number of amides is 1. The number of hydrogen-bond donors (Lipinski definition) is 1. The molecule has 1 fully saturated rings. The molecule has 0 unspecified atom stereocenters. The van der Waals surface area contributed by atoms with Crippen molar-refractivity contribution < 1.29 is 29.0 Å². The first-order chi connectivity index (χ1) is 9.11. The van der Waals surface area contributed by atoms with Crippen molar-refractivity contribution >= 4 is 18.0 Å². The van der Waals surface area contributed by atoms with Gasteiger partial charge < -0.3 is 14.6 Å². The molecule has 0 aliphatic carbocycles. The Bertz CT molecular complexity index is 400. The van der Waals surface area contributed by atoms with Gasteiger partial charge in [-0.25, -0.2) is 14.4 Å². The van der Waals surface area contributed by atoms with E-state index < -0.39 is 35.8 Å². The Morgan fingerprint density at radius 2 is 1.90 bits per heavy atom. The van der Waals surface area contributed by atoms with Crippen LogP contribution in [0.3, 0.4) is 0 Å². The largest absolute Gasteiger partial charge is 0.479 e. The van der Waals surface area contributed by atoms with E-state index in [1.54, 1.807) is 20.8 Å². The summed E-state index contributed by atoms with van der Waals surface area (Å²) < 4.78 is 10.0. The minimum Gasteiger partial charge on any atom is -0.479 e. The van der Waals surface area contributed by atoms with Gasteiger partial charge in [0.05, 0.1) is 0 Å². The summed E-state index contributed by atoms with van der Waals surface area (Å²) in [5.41, 5.74) is -0.650. The second kappa shape index (κ2) is 6.11. The van der Waals surface area contributed by atoms with E-state index in [4.69, 9.17) is 14.6 Å². The number of carboxylic acid groups (broad SMARTS) is 1. The highest BCUT2D eigenvalue weighted by Gasteiger charge is 2.38. The van der Waals surface area contributed by atoms with E-state index in [9.17, 15) is 14.4 Å². The maximum atomic E-state index is 12.0. The van der Waals surface area contributed by atoms with E-state index in [1.165, 1.54) is 11.8 Å². The summed E-state index contributed by atoms with van der Waals surface area (Å²) in [4.78, 5) is 35.8. The fraction of sp³-hybridized carbons (Fsp3) is 0.769. The first kappa shape index (κ1) is 16.3. The lowest BCUT2D eigenvalue weighted by molar-refractivity contribution is -0.165. The van der Waals surface area contributed by atoms with Crippen LogP contribution in [0, 0.1) is 0 Å². The van der Waals surface area contributed by atoms with Crippen LogP contribution in [0.5, 0.6) is 0 Å². The number of aliphatic carboxylic acids is 1. The molecule has 1 amide bonds. The second-order valence-corrected chi connectivity index (χ2v) is 5.75.